The van der Waals surface area contributed by atoms with Gasteiger partial charge < -0.3 is 5.32 Å². The highest BCUT2D eigenvalue weighted by Gasteiger charge is 2.10. The maximum atomic E-state index is 4.13. The number of nitrogens with one attached hydrogen (secondary N) is 1. The number of hydrogen-bond donors (Lipinski definition) is 1. The Morgan fingerprint density at radius 2 is 2.00 bits per heavy atom. The molecule has 0 unspecified atom stereocenters. The summed E-state index contributed by atoms with van der Waals surface area (Å²) in [6.45, 7) is 2.67. The van der Waals surface area contributed by atoms with Crippen LogP contribution in [0.1, 0.15) is 24.4 Å². The summed E-state index contributed by atoms with van der Waals surface area (Å²) in [6, 6.07) is 14.0. The van der Waals surface area contributed by atoms with Gasteiger partial charge in [-0.3, -0.25) is 4.98 Å². The van der Waals surface area contributed by atoms with E-state index in [1.54, 1.807) is 10.9 Å². The van der Waals surface area contributed by atoms with Crippen molar-refractivity contribution in [2.24, 2.45) is 0 Å². The van der Waals surface area contributed by atoms with E-state index in [1.165, 1.54) is 0 Å². The predicted molar refractivity (Wildman–Crippen MR) is 78.6 cm³/mol. The SMILES string of the molecule is C[C@@H](NCc1nnnn1-c1ccccc1)c1cccnc1. The lowest BCUT2D eigenvalue weighted by molar-refractivity contribution is 0.549. The van der Waals surface area contributed by atoms with Gasteiger partial charge in [0.2, 0.25) is 0 Å². The molecule has 0 bridgehead atoms. The van der Waals surface area contributed by atoms with Gasteiger partial charge in [0.05, 0.1) is 12.2 Å². The van der Waals surface area contributed by atoms with Gasteiger partial charge in [0.1, 0.15) is 0 Å². The van der Waals surface area contributed by atoms with Gasteiger partial charge in [0.15, 0.2) is 5.82 Å². The lowest BCUT2D eigenvalue weighted by atomic mass is 10.1. The summed E-state index contributed by atoms with van der Waals surface area (Å²) in [5.74, 6) is 0.775. The number of rotatable bonds is 5. The van der Waals surface area contributed by atoms with E-state index in [2.05, 4.69) is 32.7 Å². The second-order valence-electron chi connectivity index (χ2n) is 4.73. The highest BCUT2D eigenvalue weighted by molar-refractivity contribution is 5.30. The molecule has 1 aromatic carbocycles. The van der Waals surface area contributed by atoms with Crippen molar-refractivity contribution in [1.82, 2.24) is 30.5 Å². The van der Waals surface area contributed by atoms with E-state index in [-0.39, 0.29) is 6.04 Å². The number of pyridine rings is 1. The van der Waals surface area contributed by atoms with Crippen LogP contribution in [0.3, 0.4) is 0 Å². The normalized spacial score (nSPS) is 12.2. The van der Waals surface area contributed by atoms with Gasteiger partial charge in [0.25, 0.3) is 0 Å². The minimum atomic E-state index is 0.180. The van der Waals surface area contributed by atoms with Crippen LogP contribution in [-0.4, -0.2) is 25.2 Å². The van der Waals surface area contributed by atoms with E-state index in [0.29, 0.717) is 6.54 Å². The molecule has 3 rings (SSSR count). The Labute approximate surface area is 122 Å². The van der Waals surface area contributed by atoms with E-state index < -0.39 is 0 Å². The fraction of sp³-hybridized carbons (Fsp3) is 0.200. The van der Waals surface area contributed by atoms with E-state index >= 15 is 0 Å². The van der Waals surface area contributed by atoms with Crippen LogP contribution in [0.25, 0.3) is 5.69 Å². The first-order valence-corrected chi connectivity index (χ1v) is 6.80. The maximum Gasteiger partial charge on any atom is 0.170 e. The lowest BCUT2D eigenvalue weighted by Gasteiger charge is -2.13. The molecular formula is C15H16N6. The minimum absolute atomic E-state index is 0.180. The monoisotopic (exact) mass is 280 g/mol. The molecule has 0 radical (unpaired) electrons. The Hall–Kier alpha value is -2.60. The van der Waals surface area contributed by atoms with Crippen molar-refractivity contribution >= 4 is 0 Å². The molecule has 0 spiro atoms. The first kappa shape index (κ1) is 13.4. The van der Waals surface area contributed by atoms with Crippen molar-refractivity contribution in [3.05, 3.63) is 66.2 Å². The van der Waals surface area contributed by atoms with Gasteiger partial charge >= 0.3 is 0 Å². The topological polar surface area (TPSA) is 68.5 Å². The summed E-state index contributed by atoms with van der Waals surface area (Å²) < 4.78 is 1.74. The predicted octanol–water partition coefficient (Wildman–Crippen LogP) is 1.91. The number of para-hydroxylation sites is 1. The number of nitrogens with zero attached hydrogens (tertiary/aromatic N) is 5. The molecule has 2 aromatic heterocycles. The average molecular weight is 280 g/mol. The minimum Gasteiger partial charge on any atom is -0.303 e. The Kier molecular flexibility index (Phi) is 3.97. The number of benzene rings is 1. The zero-order valence-electron chi connectivity index (χ0n) is 11.7. The zero-order chi connectivity index (χ0) is 14.5. The Morgan fingerprint density at radius 1 is 1.14 bits per heavy atom. The Bertz CT molecular complexity index is 680. The smallest absolute Gasteiger partial charge is 0.170 e. The van der Waals surface area contributed by atoms with E-state index in [1.807, 2.05) is 48.7 Å². The maximum absolute atomic E-state index is 4.13. The van der Waals surface area contributed by atoms with Crippen molar-refractivity contribution in [1.29, 1.82) is 0 Å². The standard InChI is InChI=1S/C15H16N6/c1-12(13-6-5-9-16-10-13)17-11-15-18-19-20-21(15)14-7-3-2-4-8-14/h2-10,12,17H,11H2,1H3/t12-/m1/s1. The molecular weight excluding hydrogens is 264 g/mol. The van der Waals surface area contributed by atoms with Crippen LogP contribution >= 0.6 is 0 Å². The summed E-state index contributed by atoms with van der Waals surface area (Å²) in [4.78, 5) is 4.13. The molecule has 106 valence electrons. The second-order valence-corrected chi connectivity index (χ2v) is 4.73. The number of tetrazole rings is 1. The van der Waals surface area contributed by atoms with Crippen LogP contribution in [0, 0.1) is 0 Å². The van der Waals surface area contributed by atoms with Crippen LogP contribution in [0.15, 0.2) is 54.9 Å². The molecule has 0 amide bonds. The van der Waals surface area contributed by atoms with Gasteiger partial charge in [-0.2, -0.15) is 4.68 Å². The number of aromatic nitrogens is 5. The summed E-state index contributed by atoms with van der Waals surface area (Å²) in [5.41, 5.74) is 2.09. The van der Waals surface area contributed by atoms with Crippen molar-refractivity contribution in [3.8, 4) is 5.69 Å². The summed E-state index contributed by atoms with van der Waals surface area (Å²) >= 11 is 0. The first-order valence-electron chi connectivity index (χ1n) is 6.80. The molecule has 0 saturated carbocycles. The van der Waals surface area contributed by atoms with Gasteiger partial charge in [-0.1, -0.05) is 24.3 Å². The van der Waals surface area contributed by atoms with Crippen LogP contribution in [0.2, 0.25) is 0 Å². The van der Waals surface area contributed by atoms with Crippen LogP contribution in [-0.2, 0) is 6.54 Å². The van der Waals surface area contributed by atoms with Crippen molar-refractivity contribution < 1.29 is 0 Å². The van der Waals surface area contributed by atoms with Crippen molar-refractivity contribution in [3.63, 3.8) is 0 Å². The van der Waals surface area contributed by atoms with Gasteiger partial charge in [-0.15, -0.1) is 5.10 Å². The molecule has 3 aromatic rings. The first-order chi connectivity index (χ1) is 10.3. The zero-order valence-corrected chi connectivity index (χ0v) is 11.7. The Morgan fingerprint density at radius 3 is 2.76 bits per heavy atom. The fourth-order valence-corrected chi connectivity index (χ4v) is 2.08. The van der Waals surface area contributed by atoms with E-state index in [0.717, 1.165) is 17.1 Å². The Balaban J connectivity index is 1.71. The highest BCUT2D eigenvalue weighted by Crippen LogP contribution is 2.12. The van der Waals surface area contributed by atoms with Gasteiger partial charge in [-0.25, -0.2) is 0 Å². The molecule has 0 aliphatic rings. The highest BCUT2D eigenvalue weighted by atomic mass is 15.5. The summed E-state index contributed by atoms with van der Waals surface area (Å²) in [5, 5.41) is 15.3. The molecule has 1 atom stereocenters. The lowest BCUT2D eigenvalue weighted by Crippen LogP contribution is -2.20. The van der Waals surface area contributed by atoms with Gasteiger partial charge in [-0.05, 0) is 41.1 Å². The molecule has 2 heterocycles. The third-order valence-corrected chi connectivity index (χ3v) is 3.29. The molecule has 21 heavy (non-hydrogen) atoms. The molecule has 0 saturated heterocycles. The van der Waals surface area contributed by atoms with E-state index in [9.17, 15) is 0 Å². The van der Waals surface area contributed by atoms with Crippen LogP contribution < -0.4 is 5.32 Å². The largest absolute Gasteiger partial charge is 0.303 e. The number of hydrogen-bond acceptors (Lipinski definition) is 5. The molecule has 0 aliphatic carbocycles. The summed E-state index contributed by atoms with van der Waals surface area (Å²) in [6.07, 6.45) is 3.63. The quantitative estimate of drug-likeness (QED) is 0.773. The molecule has 0 aliphatic heterocycles. The van der Waals surface area contributed by atoms with Gasteiger partial charge in [0, 0.05) is 18.4 Å². The molecule has 6 nitrogen and oxygen atoms in total. The third kappa shape index (κ3) is 3.11. The van der Waals surface area contributed by atoms with E-state index in [4.69, 9.17) is 0 Å². The molecule has 1 N–H and O–H groups in total. The average Bonchev–Trinajstić information content (AvgIpc) is 3.03. The van der Waals surface area contributed by atoms with Crippen molar-refractivity contribution in [2.75, 3.05) is 0 Å². The molecule has 0 fully saturated rings. The summed E-state index contributed by atoms with van der Waals surface area (Å²) in [7, 11) is 0. The fourth-order valence-electron chi connectivity index (χ4n) is 2.08. The second kappa shape index (κ2) is 6.23. The van der Waals surface area contributed by atoms with Crippen molar-refractivity contribution in [2.45, 2.75) is 19.5 Å². The third-order valence-electron chi connectivity index (χ3n) is 3.29. The van der Waals surface area contributed by atoms with Crippen LogP contribution in [0.5, 0.6) is 0 Å². The van der Waals surface area contributed by atoms with Crippen LogP contribution in [0.4, 0.5) is 0 Å². The molecule has 6 heteroatoms.